The van der Waals surface area contributed by atoms with E-state index in [9.17, 15) is 9.59 Å². The van der Waals surface area contributed by atoms with Crippen LogP contribution in [0, 0.1) is 11.3 Å². The van der Waals surface area contributed by atoms with Crippen LogP contribution in [0.5, 0.6) is 0 Å². The van der Waals surface area contributed by atoms with Gasteiger partial charge in [0.25, 0.3) is 0 Å². The highest BCUT2D eigenvalue weighted by Crippen LogP contribution is 2.44. The lowest BCUT2D eigenvalue weighted by molar-refractivity contribution is -0.142. The maximum atomic E-state index is 13.2. The molecular formula is C20H29N7O2. The highest BCUT2D eigenvalue weighted by Gasteiger charge is 2.50. The predicted octanol–water partition coefficient (Wildman–Crippen LogP) is 1.34. The molecule has 9 heteroatoms. The van der Waals surface area contributed by atoms with Crippen molar-refractivity contribution in [2.75, 3.05) is 12.3 Å². The zero-order valence-corrected chi connectivity index (χ0v) is 17.3. The van der Waals surface area contributed by atoms with E-state index in [1.165, 1.54) is 6.33 Å². The number of nitrogens with zero attached hydrogens (tertiary/aromatic N) is 5. The standard InChI is InChI=1S/C20H29N7O2/c1-20(2,3)6-7-22-19(29)14-8-12-4-5-13(12)27(14)15(28)9-26-11-25-16-17(21)23-10-24-18(16)26/h10-14H,4-9H2,1-3H3,(H,22,29)(H2,21,23,24)/t12-,13-,14+/m1/s1. The van der Waals surface area contributed by atoms with Gasteiger partial charge < -0.3 is 20.5 Å². The van der Waals surface area contributed by atoms with Crippen molar-refractivity contribution >= 4 is 28.8 Å². The van der Waals surface area contributed by atoms with Crippen molar-refractivity contribution in [3.8, 4) is 0 Å². The second-order valence-corrected chi connectivity index (χ2v) is 9.36. The Kier molecular flexibility index (Phi) is 4.92. The smallest absolute Gasteiger partial charge is 0.243 e. The number of imidazole rings is 1. The van der Waals surface area contributed by atoms with Gasteiger partial charge in [-0.1, -0.05) is 20.8 Å². The van der Waals surface area contributed by atoms with Crippen LogP contribution in [-0.2, 0) is 16.1 Å². The molecule has 2 aromatic rings. The van der Waals surface area contributed by atoms with Crippen LogP contribution in [0.4, 0.5) is 5.82 Å². The van der Waals surface area contributed by atoms with E-state index < -0.39 is 6.04 Å². The lowest BCUT2D eigenvalue weighted by atomic mass is 9.80. The number of likely N-dealkylation sites (tertiary alicyclic amines) is 1. The molecule has 3 heterocycles. The van der Waals surface area contributed by atoms with E-state index in [0.717, 1.165) is 25.7 Å². The van der Waals surface area contributed by atoms with E-state index in [4.69, 9.17) is 5.73 Å². The summed E-state index contributed by atoms with van der Waals surface area (Å²) in [5, 5.41) is 3.04. The minimum absolute atomic E-state index is 0.0425. The highest BCUT2D eigenvalue weighted by molar-refractivity contribution is 5.89. The molecule has 3 atom stereocenters. The third-order valence-electron chi connectivity index (χ3n) is 6.10. The molecular weight excluding hydrogens is 370 g/mol. The van der Waals surface area contributed by atoms with Gasteiger partial charge in [-0.25, -0.2) is 15.0 Å². The van der Waals surface area contributed by atoms with E-state index >= 15 is 0 Å². The summed E-state index contributed by atoms with van der Waals surface area (Å²) < 4.78 is 1.68. The summed E-state index contributed by atoms with van der Waals surface area (Å²) >= 11 is 0. The Morgan fingerprint density at radius 3 is 2.72 bits per heavy atom. The van der Waals surface area contributed by atoms with E-state index in [0.29, 0.717) is 23.6 Å². The molecule has 1 saturated heterocycles. The van der Waals surface area contributed by atoms with Crippen molar-refractivity contribution in [1.82, 2.24) is 29.7 Å². The first-order valence-corrected chi connectivity index (χ1v) is 10.2. The minimum Gasteiger partial charge on any atom is -0.382 e. The third kappa shape index (κ3) is 3.77. The van der Waals surface area contributed by atoms with E-state index in [1.54, 1.807) is 15.8 Å². The number of rotatable bonds is 5. The van der Waals surface area contributed by atoms with Crippen molar-refractivity contribution < 1.29 is 9.59 Å². The van der Waals surface area contributed by atoms with Crippen LogP contribution in [-0.4, -0.2) is 54.9 Å². The number of carbonyl (C=O) groups is 2. The Labute approximate surface area is 170 Å². The first kappa shape index (κ1) is 19.6. The molecule has 0 radical (unpaired) electrons. The van der Waals surface area contributed by atoms with Crippen molar-refractivity contribution in [1.29, 1.82) is 0 Å². The maximum absolute atomic E-state index is 13.2. The first-order chi connectivity index (χ1) is 13.7. The molecule has 0 aromatic carbocycles. The number of amides is 2. The van der Waals surface area contributed by atoms with E-state index in [-0.39, 0.29) is 35.6 Å². The van der Waals surface area contributed by atoms with Gasteiger partial charge in [0.1, 0.15) is 24.4 Å². The molecule has 2 aliphatic rings. The fourth-order valence-electron chi connectivity index (χ4n) is 4.34. The molecule has 2 amide bonds. The molecule has 1 aliphatic carbocycles. The second kappa shape index (κ2) is 7.27. The summed E-state index contributed by atoms with van der Waals surface area (Å²) in [6.45, 7) is 7.16. The van der Waals surface area contributed by atoms with Gasteiger partial charge in [0.15, 0.2) is 11.5 Å². The largest absolute Gasteiger partial charge is 0.382 e. The van der Waals surface area contributed by atoms with Gasteiger partial charge in [0.2, 0.25) is 11.8 Å². The topological polar surface area (TPSA) is 119 Å². The summed E-state index contributed by atoms with van der Waals surface area (Å²) in [4.78, 5) is 40.2. The summed E-state index contributed by atoms with van der Waals surface area (Å²) in [5.41, 5.74) is 7.01. The molecule has 0 spiro atoms. The van der Waals surface area contributed by atoms with Crippen LogP contribution < -0.4 is 11.1 Å². The normalized spacial score (nSPS) is 23.7. The second-order valence-electron chi connectivity index (χ2n) is 9.36. The number of nitrogen functional groups attached to an aromatic ring is 1. The molecule has 2 fully saturated rings. The minimum atomic E-state index is -0.394. The summed E-state index contributed by atoms with van der Waals surface area (Å²) in [6, 6.07) is -0.232. The number of hydrogen-bond donors (Lipinski definition) is 2. The molecule has 0 bridgehead atoms. The van der Waals surface area contributed by atoms with Gasteiger partial charge in [-0.3, -0.25) is 9.59 Å². The monoisotopic (exact) mass is 399 g/mol. The van der Waals surface area contributed by atoms with Crippen LogP contribution in [0.3, 0.4) is 0 Å². The fourth-order valence-corrected chi connectivity index (χ4v) is 4.34. The third-order valence-corrected chi connectivity index (χ3v) is 6.10. The van der Waals surface area contributed by atoms with Crippen LogP contribution in [0.25, 0.3) is 11.2 Å². The Morgan fingerprint density at radius 1 is 1.24 bits per heavy atom. The van der Waals surface area contributed by atoms with Crippen LogP contribution >= 0.6 is 0 Å². The molecule has 4 rings (SSSR count). The van der Waals surface area contributed by atoms with Crippen molar-refractivity contribution in [3.05, 3.63) is 12.7 Å². The Morgan fingerprint density at radius 2 is 2.03 bits per heavy atom. The molecule has 3 N–H and O–H groups in total. The fraction of sp³-hybridized carbons (Fsp3) is 0.650. The SMILES string of the molecule is CC(C)(C)CCNC(=O)[C@@H]1C[C@H]2CC[C@H]2N1C(=O)Cn1cnc2c(N)ncnc21. The number of anilines is 1. The lowest BCUT2D eigenvalue weighted by Crippen LogP contribution is -2.51. The summed E-state index contributed by atoms with van der Waals surface area (Å²) in [6.07, 6.45) is 6.61. The summed E-state index contributed by atoms with van der Waals surface area (Å²) in [7, 11) is 0. The van der Waals surface area contributed by atoms with Crippen molar-refractivity contribution in [3.63, 3.8) is 0 Å². The molecule has 9 nitrogen and oxygen atoms in total. The van der Waals surface area contributed by atoms with E-state index in [2.05, 4.69) is 41.0 Å². The zero-order chi connectivity index (χ0) is 20.8. The molecule has 29 heavy (non-hydrogen) atoms. The molecule has 156 valence electrons. The first-order valence-electron chi connectivity index (χ1n) is 10.2. The quantitative estimate of drug-likeness (QED) is 0.783. The summed E-state index contributed by atoms with van der Waals surface area (Å²) in [5.74, 6) is 0.594. The van der Waals surface area contributed by atoms with Gasteiger partial charge >= 0.3 is 0 Å². The van der Waals surface area contributed by atoms with Gasteiger partial charge in [-0.15, -0.1) is 0 Å². The van der Waals surface area contributed by atoms with Crippen molar-refractivity contribution in [2.45, 2.75) is 65.1 Å². The van der Waals surface area contributed by atoms with Gasteiger partial charge in [-0.05, 0) is 37.0 Å². The maximum Gasteiger partial charge on any atom is 0.243 e. The Hall–Kier alpha value is -2.71. The van der Waals surface area contributed by atoms with Gasteiger partial charge in [0.05, 0.1) is 6.33 Å². The average molecular weight is 399 g/mol. The number of hydrogen-bond acceptors (Lipinski definition) is 6. The Bertz CT molecular complexity index is 933. The predicted molar refractivity (Wildman–Crippen MR) is 109 cm³/mol. The number of aromatic nitrogens is 4. The number of fused-ring (bicyclic) bond motifs is 2. The number of carbonyl (C=O) groups excluding carboxylic acids is 2. The van der Waals surface area contributed by atoms with E-state index in [1.807, 2.05) is 0 Å². The number of nitrogens with one attached hydrogen (secondary N) is 1. The number of nitrogens with two attached hydrogens (primary N) is 1. The van der Waals surface area contributed by atoms with Crippen LogP contribution in [0.1, 0.15) is 46.5 Å². The molecule has 1 saturated carbocycles. The molecule has 0 unspecified atom stereocenters. The van der Waals surface area contributed by atoms with Crippen molar-refractivity contribution in [2.24, 2.45) is 11.3 Å². The Balaban J connectivity index is 1.48. The highest BCUT2D eigenvalue weighted by atomic mass is 16.2. The lowest BCUT2D eigenvalue weighted by Gasteiger charge is -2.37. The van der Waals surface area contributed by atoms with Crippen LogP contribution in [0.2, 0.25) is 0 Å². The zero-order valence-electron chi connectivity index (χ0n) is 17.3. The molecule has 2 aromatic heterocycles. The van der Waals surface area contributed by atoms with Crippen LogP contribution in [0.15, 0.2) is 12.7 Å². The molecule has 1 aliphatic heterocycles. The van der Waals surface area contributed by atoms with Gasteiger partial charge in [-0.2, -0.15) is 0 Å². The average Bonchev–Trinajstić information content (AvgIpc) is 3.13. The van der Waals surface area contributed by atoms with Gasteiger partial charge in [0, 0.05) is 12.6 Å².